The van der Waals surface area contributed by atoms with E-state index in [1.807, 2.05) is 61.5 Å². The number of likely N-dealkylation sites (N-methyl/N-ethyl adjacent to an activating group) is 1. The molecular weight excluding hydrogens is 314 g/mol. The average Bonchev–Trinajstić information content (AvgIpc) is 2.64. The molecule has 5 nitrogen and oxygen atoms in total. The van der Waals surface area contributed by atoms with E-state index < -0.39 is 0 Å². The number of nitrogens with zero attached hydrogens (tertiary/aromatic N) is 3. The van der Waals surface area contributed by atoms with Crippen LogP contribution in [0.2, 0.25) is 0 Å². The van der Waals surface area contributed by atoms with Crippen LogP contribution < -0.4 is 0 Å². The van der Waals surface area contributed by atoms with Crippen LogP contribution in [0.4, 0.5) is 4.79 Å². The molecule has 0 aliphatic carbocycles. The van der Waals surface area contributed by atoms with Crippen molar-refractivity contribution >= 4 is 6.09 Å². The van der Waals surface area contributed by atoms with Crippen molar-refractivity contribution in [1.82, 2.24) is 9.80 Å². The molecule has 0 heterocycles. The van der Waals surface area contributed by atoms with E-state index in [0.29, 0.717) is 18.7 Å². The zero-order chi connectivity index (χ0) is 18.1. The smallest absolute Gasteiger partial charge is 0.410 e. The normalized spacial score (nSPS) is 10.3. The van der Waals surface area contributed by atoms with Crippen molar-refractivity contribution in [2.24, 2.45) is 0 Å². The third-order valence-corrected chi connectivity index (χ3v) is 3.74. The molecule has 0 spiro atoms. The zero-order valence-corrected chi connectivity index (χ0v) is 14.7. The van der Waals surface area contributed by atoms with Crippen LogP contribution in [0, 0.1) is 11.3 Å². The fourth-order valence-corrected chi connectivity index (χ4v) is 2.27. The van der Waals surface area contributed by atoms with Gasteiger partial charge in [0.2, 0.25) is 0 Å². The fraction of sp³-hybridized carbons (Fsp3) is 0.300. The van der Waals surface area contributed by atoms with Crippen LogP contribution in [0.5, 0.6) is 0 Å². The quantitative estimate of drug-likeness (QED) is 0.778. The molecule has 0 N–H and O–H groups in total. The van der Waals surface area contributed by atoms with Gasteiger partial charge in [0, 0.05) is 19.6 Å². The Hall–Kier alpha value is -2.84. The molecule has 0 unspecified atom stereocenters. The van der Waals surface area contributed by atoms with Crippen LogP contribution in [0.1, 0.15) is 16.7 Å². The highest BCUT2D eigenvalue weighted by molar-refractivity contribution is 5.67. The monoisotopic (exact) mass is 337 g/mol. The molecule has 2 aromatic rings. The molecule has 0 aliphatic heterocycles. The van der Waals surface area contributed by atoms with Crippen LogP contribution in [0.15, 0.2) is 54.6 Å². The molecule has 0 bridgehead atoms. The maximum atomic E-state index is 12.5. The number of hydrogen-bond donors (Lipinski definition) is 0. The number of benzene rings is 2. The minimum absolute atomic E-state index is 0.255. The lowest BCUT2D eigenvalue weighted by molar-refractivity contribution is 0.0911. The summed E-state index contributed by atoms with van der Waals surface area (Å²) in [5.74, 6) is 0. The first kappa shape index (κ1) is 18.5. The molecule has 0 saturated heterocycles. The van der Waals surface area contributed by atoms with Gasteiger partial charge in [0.15, 0.2) is 0 Å². The minimum Gasteiger partial charge on any atom is -0.445 e. The van der Waals surface area contributed by atoms with Crippen LogP contribution in [0.25, 0.3) is 0 Å². The summed E-state index contributed by atoms with van der Waals surface area (Å²) in [6.45, 7) is 2.02. The van der Waals surface area contributed by atoms with Gasteiger partial charge in [0.05, 0.1) is 11.6 Å². The fourth-order valence-electron chi connectivity index (χ4n) is 2.27. The molecule has 130 valence electrons. The summed E-state index contributed by atoms with van der Waals surface area (Å²) in [6.07, 6.45) is -0.338. The van der Waals surface area contributed by atoms with Crippen LogP contribution in [0.3, 0.4) is 0 Å². The Bertz CT molecular complexity index is 706. The second kappa shape index (κ2) is 9.45. The van der Waals surface area contributed by atoms with Crippen molar-refractivity contribution in [3.8, 4) is 6.07 Å². The van der Waals surface area contributed by atoms with Crippen molar-refractivity contribution in [2.45, 2.75) is 13.2 Å². The van der Waals surface area contributed by atoms with Gasteiger partial charge in [-0.15, -0.1) is 0 Å². The predicted octanol–water partition coefficient (Wildman–Crippen LogP) is 3.26. The maximum Gasteiger partial charge on any atom is 0.410 e. The SMILES string of the molecule is CN(C)CCN(Cc1ccc(C#N)cc1)C(=O)OCc1ccccc1. The van der Waals surface area contributed by atoms with Crippen molar-refractivity contribution in [2.75, 3.05) is 27.2 Å². The van der Waals surface area contributed by atoms with E-state index in [1.165, 1.54) is 0 Å². The Labute approximate surface area is 149 Å². The number of amides is 1. The van der Waals surface area contributed by atoms with Gasteiger partial charge < -0.3 is 14.5 Å². The molecule has 2 aromatic carbocycles. The maximum absolute atomic E-state index is 12.5. The van der Waals surface area contributed by atoms with Gasteiger partial charge in [0.1, 0.15) is 6.61 Å². The lowest BCUT2D eigenvalue weighted by atomic mass is 10.1. The Morgan fingerprint density at radius 1 is 1.00 bits per heavy atom. The summed E-state index contributed by atoms with van der Waals surface area (Å²) in [5, 5.41) is 8.88. The van der Waals surface area contributed by atoms with E-state index in [0.717, 1.165) is 17.7 Å². The third kappa shape index (κ3) is 6.28. The van der Waals surface area contributed by atoms with Gasteiger partial charge in [-0.3, -0.25) is 0 Å². The molecule has 0 saturated carbocycles. The van der Waals surface area contributed by atoms with Gasteiger partial charge in [0.25, 0.3) is 0 Å². The first-order valence-electron chi connectivity index (χ1n) is 8.18. The third-order valence-electron chi connectivity index (χ3n) is 3.74. The number of nitriles is 1. The summed E-state index contributed by atoms with van der Waals surface area (Å²) < 4.78 is 5.46. The zero-order valence-electron chi connectivity index (χ0n) is 14.7. The van der Waals surface area contributed by atoms with E-state index in [-0.39, 0.29) is 12.7 Å². The number of ether oxygens (including phenoxy) is 1. The van der Waals surface area contributed by atoms with Crippen LogP contribution in [-0.2, 0) is 17.9 Å². The van der Waals surface area contributed by atoms with Crippen molar-refractivity contribution in [1.29, 1.82) is 5.26 Å². The van der Waals surface area contributed by atoms with E-state index >= 15 is 0 Å². The Balaban J connectivity index is 2.00. The van der Waals surface area contributed by atoms with E-state index in [4.69, 9.17) is 10.00 Å². The summed E-state index contributed by atoms with van der Waals surface area (Å²) in [7, 11) is 3.93. The van der Waals surface area contributed by atoms with Gasteiger partial charge >= 0.3 is 6.09 Å². The second-order valence-corrected chi connectivity index (χ2v) is 6.07. The summed E-state index contributed by atoms with van der Waals surface area (Å²) in [6, 6.07) is 19.0. The topological polar surface area (TPSA) is 56.6 Å². The number of hydrogen-bond acceptors (Lipinski definition) is 4. The highest BCUT2D eigenvalue weighted by atomic mass is 16.6. The van der Waals surface area contributed by atoms with Crippen LogP contribution >= 0.6 is 0 Å². The van der Waals surface area contributed by atoms with Gasteiger partial charge in [-0.05, 0) is 37.4 Å². The van der Waals surface area contributed by atoms with Gasteiger partial charge in [-0.2, -0.15) is 5.26 Å². The highest BCUT2D eigenvalue weighted by Gasteiger charge is 2.16. The highest BCUT2D eigenvalue weighted by Crippen LogP contribution is 2.10. The molecule has 0 fully saturated rings. The largest absolute Gasteiger partial charge is 0.445 e. The first-order chi connectivity index (χ1) is 12.1. The Morgan fingerprint density at radius 3 is 2.28 bits per heavy atom. The number of rotatable bonds is 7. The van der Waals surface area contributed by atoms with Crippen LogP contribution in [-0.4, -0.2) is 43.1 Å². The summed E-state index contributed by atoms with van der Waals surface area (Å²) in [4.78, 5) is 16.2. The molecule has 25 heavy (non-hydrogen) atoms. The molecule has 0 radical (unpaired) electrons. The molecule has 5 heteroatoms. The van der Waals surface area contributed by atoms with E-state index in [1.54, 1.807) is 17.0 Å². The van der Waals surface area contributed by atoms with Crippen molar-refractivity contribution in [3.05, 3.63) is 71.3 Å². The second-order valence-electron chi connectivity index (χ2n) is 6.07. The van der Waals surface area contributed by atoms with E-state index in [9.17, 15) is 4.79 Å². The Kier molecular flexibility index (Phi) is 7.00. The molecule has 0 aliphatic rings. The molecule has 2 rings (SSSR count). The standard InChI is InChI=1S/C20H23N3O2/c1-22(2)12-13-23(15-18-10-8-17(14-21)9-11-18)20(24)25-16-19-6-4-3-5-7-19/h3-11H,12-13,15-16H2,1-2H3. The lowest BCUT2D eigenvalue weighted by Crippen LogP contribution is -2.36. The van der Waals surface area contributed by atoms with Crippen molar-refractivity contribution < 1.29 is 9.53 Å². The molecular formula is C20H23N3O2. The van der Waals surface area contributed by atoms with Gasteiger partial charge in [-0.25, -0.2) is 4.79 Å². The average molecular weight is 337 g/mol. The summed E-state index contributed by atoms with van der Waals surface area (Å²) in [5.41, 5.74) is 2.53. The van der Waals surface area contributed by atoms with Crippen molar-refractivity contribution in [3.63, 3.8) is 0 Å². The van der Waals surface area contributed by atoms with E-state index in [2.05, 4.69) is 6.07 Å². The summed E-state index contributed by atoms with van der Waals surface area (Å²) >= 11 is 0. The van der Waals surface area contributed by atoms with Gasteiger partial charge in [-0.1, -0.05) is 42.5 Å². The minimum atomic E-state index is -0.338. The first-order valence-corrected chi connectivity index (χ1v) is 8.18. The Morgan fingerprint density at radius 2 is 1.68 bits per heavy atom. The molecule has 1 amide bonds. The predicted molar refractivity (Wildman–Crippen MR) is 96.7 cm³/mol. The molecule has 0 atom stereocenters. The lowest BCUT2D eigenvalue weighted by Gasteiger charge is -2.24. The molecule has 0 aromatic heterocycles. The number of carbonyl (C=O) groups is 1. The number of carbonyl (C=O) groups excluding carboxylic acids is 1.